The maximum Gasteiger partial charge on any atom is 0.242 e. The van der Waals surface area contributed by atoms with Crippen LogP contribution in [0.3, 0.4) is 0 Å². The minimum atomic E-state index is -2.35. The van der Waals surface area contributed by atoms with Crippen LogP contribution in [0.5, 0.6) is 0 Å². The van der Waals surface area contributed by atoms with E-state index < -0.39 is 6.43 Å². The minimum absolute atomic E-state index is 0.266. The molecule has 1 aromatic heterocycles. The van der Waals surface area contributed by atoms with Crippen LogP contribution in [0.2, 0.25) is 0 Å². The normalized spacial score (nSPS) is 10.9. The van der Waals surface area contributed by atoms with Gasteiger partial charge in [0.25, 0.3) is 0 Å². The molecule has 0 bridgehead atoms. The quantitative estimate of drug-likeness (QED) is 0.872. The van der Waals surface area contributed by atoms with Gasteiger partial charge in [-0.25, -0.2) is 8.78 Å². The Labute approximate surface area is 90.9 Å². The zero-order chi connectivity index (χ0) is 11.5. The number of nitrogen functional groups attached to an aromatic ring is 1. The molecule has 1 aromatic carbocycles. The fourth-order valence-corrected chi connectivity index (χ4v) is 1.45. The monoisotopic (exact) mass is 224 g/mol. The molecule has 3 nitrogen and oxygen atoms in total. The van der Waals surface area contributed by atoms with Crippen molar-refractivity contribution >= 4 is 5.82 Å². The van der Waals surface area contributed by atoms with Crippen LogP contribution in [0.25, 0.3) is 11.3 Å². The second-order valence-corrected chi connectivity index (χ2v) is 3.41. The highest BCUT2D eigenvalue weighted by Crippen LogP contribution is 2.22. The molecule has 0 unspecified atom stereocenters. The number of hydrogen-bond donors (Lipinski definition) is 1. The van der Waals surface area contributed by atoms with E-state index in [4.69, 9.17) is 10.3 Å². The van der Waals surface area contributed by atoms with Gasteiger partial charge in [-0.3, -0.25) is 0 Å². The summed E-state index contributed by atoms with van der Waals surface area (Å²) in [5.74, 6) is 0.753. The lowest BCUT2D eigenvalue weighted by molar-refractivity contribution is 0.149. The van der Waals surface area contributed by atoms with Gasteiger partial charge in [0.2, 0.25) is 6.43 Å². The molecule has 2 aromatic rings. The third-order valence-corrected chi connectivity index (χ3v) is 2.13. The van der Waals surface area contributed by atoms with E-state index in [0.29, 0.717) is 16.9 Å². The molecule has 84 valence electrons. The van der Waals surface area contributed by atoms with Crippen molar-refractivity contribution in [3.8, 4) is 11.3 Å². The van der Waals surface area contributed by atoms with Crippen LogP contribution in [0.15, 0.2) is 34.9 Å². The van der Waals surface area contributed by atoms with E-state index in [0.717, 1.165) is 0 Å². The molecule has 0 saturated carbocycles. The topological polar surface area (TPSA) is 52.0 Å². The van der Waals surface area contributed by atoms with Crippen LogP contribution in [0, 0.1) is 0 Å². The molecule has 2 rings (SSSR count). The fraction of sp³-hybridized carbons (Fsp3) is 0.182. The molecule has 0 spiro atoms. The third-order valence-electron chi connectivity index (χ3n) is 2.13. The van der Waals surface area contributed by atoms with Gasteiger partial charge in [-0.1, -0.05) is 23.4 Å². The van der Waals surface area contributed by atoms with Gasteiger partial charge in [-0.2, -0.15) is 0 Å². The molecule has 1 heterocycles. The number of benzene rings is 1. The second kappa shape index (κ2) is 4.30. The van der Waals surface area contributed by atoms with Crippen molar-refractivity contribution in [1.82, 2.24) is 5.16 Å². The van der Waals surface area contributed by atoms with Crippen LogP contribution in [0.4, 0.5) is 14.6 Å². The lowest BCUT2D eigenvalue weighted by Crippen LogP contribution is -1.96. The van der Waals surface area contributed by atoms with Gasteiger partial charge in [-0.05, 0) is 11.6 Å². The number of nitrogens with two attached hydrogens (primary N) is 1. The SMILES string of the molecule is Nc1cc(-c2cccc(CC(F)F)c2)on1. The zero-order valence-corrected chi connectivity index (χ0v) is 8.36. The summed E-state index contributed by atoms with van der Waals surface area (Å²) >= 11 is 0. The molecular weight excluding hydrogens is 214 g/mol. The van der Waals surface area contributed by atoms with E-state index in [1.165, 1.54) is 0 Å². The smallest absolute Gasteiger partial charge is 0.242 e. The van der Waals surface area contributed by atoms with E-state index >= 15 is 0 Å². The van der Waals surface area contributed by atoms with Gasteiger partial charge in [0.05, 0.1) is 0 Å². The molecule has 0 aliphatic carbocycles. The standard InChI is InChI=1S/C11H10F2N2O/c12-10(13)5-7-2-1-3-8(4-7)9-6-11(14)15-16-9/h1-4,6,10H,5H2,(H2,14,15). The first-order valence-corrected chi connectivity index (χ1v) is 4.75. The van der Waals surface area contributed by atoms with Crippen molar-refractivity contribution < 1.29 is 13.3 Å². The van der Waals surface area contributed by atoms with Gasteiger partial charge in [-0.15, -0.1) is 0 Å². The predicted octanol–water partition coefficient (Wildman–Crippen LogP) is 2.73. The number of alkyl halides is 2. The van der Waals surface area contributed by atoms with Gasteiger partial charge in [0.15, 0.2) is 11.6 Å². The highest BCUT2D eigenvalue weighted by atomic mass is 19.3. The van der Waals surface area contributed by atoms with E-state index in [-0.39, 0.29) is 12.2 Å². The molecule has 16 heavy (non-hydrogen) atoms. The maximum absolute atomic E-state index is 12.2. The van der Waals surface area contributed by atoms with Gasteiger partial charge < -0.3 is 10.3 Å². The minimum Gasteiger partial charge on any atom is -0.381 e. The lowest BCUT2D eigenvalue weighted by Gasteiger charge is -2.01. The number of rotatable bonds is 3. The first-order chi connectivity index (χ1) is 7.65. The molecule has 5 heteroatoms. The second-order valence-electron chi connectivity index (χ2n) is 3.41. The van der Waals surface area contributed by atoms with E-state index in [9.17, 15) is 8.78 Å². The largest absolute Gasteiger partial charge is 0.381 e. The van der Waals surface area contributed by atoms with Gasteiger partial charge in [0, 0.05) is 18.1 Å². The Morgan fingerprint density at radius 1 is 1.31 bits per heavy atom. The summed E-state index contributed by atoms with van der Waals surface area (Å²) in [5, 5.41) is 3.54. The van der Waals surface area contributed by atoms with Crippen molar-refractivity contribution in [1.29, 1.82) is 0 Å². The first kappa shape index (κ1) is 10.6. The van der Waals surface area contributed by atoms with Gasteiger partial charge in [0.1, 0.15) is 0 Å². The Balaban J connectivity index is 2.28. The van der Waals surface area contributed by atoms with Crippen LogP contribution in [-0.4, -0.2) is 11.6 Å². The highest BCUT2D eigenvalue weighted by Gasteiger charge is 2.08. The molecule has 0 amide bonds. The summed E-state index contributed by atoms with van der Waals surface area (Å²) in [4.78, 5) is 0. The Bertz CT molecular complexity index is 482. The van der Waals surface area contributed by atoms with Crippen molar-refractivity contribution in [2.75, 3.05) is 5.73 Å². The molecule has 0 aliphatic rings. The summed E-state index contributed by atoms with van der Waals surface area (Å²) in [6.07, 6.45) is -2.62. The molecule has 0 atom stereocenters. The van der Waals surface area contributed by atoms with Gasteiger partial charge >= 0.3 is 0 Å². The van der Waals surface area contributed by atoms with Crippen molar-refractivity contribution in [2.45, 2.75) is 12.8 Å². The van der Waals surface area contributed by atoms with E-state index in [2.05, 4.69) is 5.16 Å². The molecule has 0 radical (unpaired) electrons. The average molecular weight is 224 g/mol. The van der Waals surface area contributed by atoms with Crippen LogP contribution >= 0.6 is 0 Å². The highest BCUT2D eigenvalue weighted by molar-refractivity contribution is 5.60. The number of hydrogen-bond acceptors (Lipinski definition) is 3. The van der Waals surface area contributed by atoms with Crippen LogP contribution < -0.4 is 5.73 Å². The zero-order valence-electron chi connectivity index (χ0n) is 8.36. The number of nitrogens with zero attached hydrogens (tertiary/aromatic N) is 1. The molecule has 2 N–H and O–H groups in total. The summed E-state index contributed by atoms with van der Waals surface area (Å²) in [6.45, 7) is 0. The summed E-state index contributed by atoms with van der Waals surface area (Å²) in [5.41, 5.74) is 6.66. The Hall–Kier alpha value is -1.91. The number of anilines is 1. The molecule has 0 aliphatic heterocycles. The van der Waals surface area contributed by atoms with Crippen molar-refractivity contribution in [2.24, 2.45) is 0 Å². The van der Waals surface area contributed by atoms with E-state index in [1.54, 1.807) is 30.3 Å². The number of halogens is 2. The van der Waals surface area contributed by atoms with Crippen molar-refractivity contribution in [3.63, 3.8) is 0 Å². The van der Waals surface area contributed by atoms with E-state index in [1.807, 2.05) is 0 Å². The van der Waals surface area contributed by atoms with Crippen LogP contribution in [-0.2, 0) is 6.42 Å². The molecule has 0 saturated heterocycles. The van der Waals surface area contributed by atoms with Crippen LogP contribution in [0.1, 0.15) is 5.56 Å². The molecular formula is C11H10F2N2O. The van der Waals surface area contributed by atoms with Crippen molar-refractivity contribution in [3.05, 3.63) is 35.9 Å². The summed E-state index contributed by atoms with van der Waals surface area (Å²) in [7, 11) is 0. The number of aromatic nitrogens is 1. The maximum atomic E-state index is 12.2. The Morgan fingerprint density at radius 3 is 2.75 bits per heavy atom. The fourth-order valence-electron chi connectivity index (χ4n) is 1.45. The summed E-state index contributed by atoms with van der Waals surface area (Å²) < 4.78 is 29.4. The molecule has 0 fully saturated rings. The predicted molar refractivity (Wildman–Crippen MR) is 56.1 cm³/mol. The average Bonchev–Trinajstić information content (AvgIpc) is 2.64. The Morgan fingerprint density at radius 2 is 2.12 bits per heavy atom. The lowest BCUT2D eigenvalue weighted by atomic mass is 10.1. The third kappa shape index (κ3) is 2.36. The summed E-state index contributed by atoms with van der Waals surface area (Å²) in [6, 6.07) is 8.31. The Kier molecular flexibility index (Phi) is 2.85. The first-order valence-electron chi connectivity index (χ1n) is 4.75.